The van der Waals surface area contributed by atoms with Crippen LogP contribution in [0.1, 0.15) is 12.8 Å². The van der Waals surface area contributed by atoms with Crippen molar-refractivity contribution in [1.29, 1.82) is 0 Å². The Morgan fingerprint density at radius 2 is 2.12 bits per heavy atom. The van der Waals surface area contributed by atoms with Crippen LogP contribution < -0.4 is 17.2 Å². The fourth-order valence-corrected chi connectivity index (χ4v) is 0.390. The van der Waals surface area contributed by atoms with Crippen LogP contribution in [0.25, 0.3) is 0 Å². The zero-order valence-corrected chi connectivity index (χ0v) is 4.93. The van der Waals surface area contributed by atoms with Crippen LogP contribution >= 0.6 is 0 Å². The van der Waals surface area contributed by atoms with E-state index in [1.54, 1.807) is 0 Å². The second kappa shape index (κ2) is 4.46. The zero-order valence-electron chi connectivity index (χ0n) is 4.93. The van der Waals surface area contributed by atoms with Gasteiger partial charge in [0.1, 0.15) is 0 Å². The van der Waals surface area contributed by atoms with Crippen molar-refractivity contribution in [2.75, 3.05) is 6.54 Å². The van der Waals surface area contributed by atoms with Gasteiger partial charge in [-0.05, 0) is 19.4 Å². The molecule has 0 aromatic rings. The SMILES string of the molecule is N/C=C(\N)CCCN. The van der Waals surface area contributed by atoms with Crippen molar-refractivity contribution in [2.45, 2.75) is 12.8 Å². The molecule has 0 spiro atoms. The van der Waals surface area contributed by atoms with Crippen molar-refractivity contribution < 1.29 is 0 Å². The van der Waals surface area contributed by atoms with Gasteiger partial charge in [-0.3, -0.25) is 0 Å². The molecule has 0 aromatic carbocycles. The zero-order chi connectivity index (χ0) is 6.41. The van der Waals surface area contributed by atoms with Gasteiger partial charge in [-0.2, -0.15) is 0 Å². The Morgan fingerprint density at radius 1 is 1.50 bits per heavy atom. The van der Waals surface area contributed by atoms with Gasteiger partial charge in [-0.15, -0.1) is 0 Å². The maximum absolute atomic E-state index is 5.34. The van der Waals surface area contributed by atoms with Gasteiger partial charge in [-0.1, -0.05) is 0 Å². The molecule has 0 fully saturated rings. The number of rotatable bonds is 3. The van der Waals surface area contributed by atoms with Crippen LogP contribution in [0.4, 0.5) is 0 Å². The molecule has 0 rings (SSSR count). The first-order valence-corrected chi connectivity index (χ1v) is 2.67. The van der Waals surface area contributed by atoms with Gasteiger partial charge < -0.3 is 17.2 Å². The highest BCUT2D eigenvalue weighted by atomic mass is 14.6. The van der Waals surface area contributed by atoms with Gasteiger partial charge in [0.05, 0.1) is 0 Å². The van der Waals surface area contributed by atoms with E-state index in [9.17, 15) is 0 Å². The minimum absolute atomic E-state index is 0.675. The Bertz CT molecular complexity index is 77.7. The van der Waals surface area contributed by atoms with E-state index >= 15 is 0 Å². The molecular formula is C5H13N3. The Morgan fingerprint density at radius 3 is 2.50 bits per heavy atom. The number of nitrogens with two attached hydrogens (primary N) is 3. The van der Waals surface area contributed by atoms with Crippen LogP contribution in [0.3, 0.4) is 0 Å². The third-order valence-electron chi connectivity index (χ3n) is 0.884. The van der Waals surface area contributed by atoms with E-state index < -0.39 is 0 Å². The smallest absolute Gasteiger partial charge is 0.0238 e. The molecule has 3 nitrogen and oxygen atoms in total. The van der Waals surface area contributed by atoms with E-state index in [1.807, 2.05) is 0 Å². The van der Waals surface area contributed by atoms with Crippen LogP contribution in [-0.2, 0) is 0 Å². The van der Waals surface area contributed by atoms with Crippen LogP contribution in [0.5, 0.6) is 0 Å². The van der Waals surface area contributed by atoms with Crippen molar-refractivity contribution in [3.8, 4) is 0 Å². The predicted molar refractivity (Wildman–Crippen MR) is 34.7 cm³/mol. The van der Waals surface area contributed by atoms with Crippen molar-refractivity contribution in [1.82, 2.24) is 0 Å². The monoisotopic (exact) mass is 115 g/mol. The molecule has 0 bridgehead atoms. The molecule has 0 aliphatic rings. The fourth-order valence-electron chi connectivity index (χ4n) is 0.390. The molecule has 6 N–H and O–H groups in total. The maximum atomic E-state index is 5.34. The quantitative estimate of drug-likeness (QED) is 0.463. The molecule has 0 amide bonds. The van der Waals surface area contributed by atoms with Crippen LogP contribution in [0, 0.1) is 0 Å². The van der Waals surface area contributed by atoms with E-state index in [-0.39, 0.29) is 0 Å². The molecule has 0 saturated carbocycles. The second-order valence-corrected chi connectivity index (χ2v) is 1.63. The van der Waals surface area contributed by atoms with Crippen LogP contribution in [0.15, 0.2) is 11.9 Å². The second-order valence-electron chi connectivity index (χ2n) is 1.63. The van der Waals surface area contributed by atoms with Crippen molar-refractivity contribution in [3.05, 3.63) is 11.9 Å². The lowest BCUT2D eigenvalue weighted by atomic mass is 10.2. The summed E-state index contributed by atoms with van der Waals surface area (Å²) >= 11 is 0. The van der Waals surface area contributed by atoms with E-state index in [0.717, 1.165) is 18.5 Å². The molecule has 3 heteroatoms. The lowest BCUT2D eigenvalue weighted by Gasteiger charge is -1.94. The lowest BCUT2D eigenvalue weighted by Crippen LogP contribution is -2.04. The molecule has 0 aliphatic carbocycles. The van der Waals surface area contributed by atoms with E-state index in [0.29, 0.717) is 6.54 Å². The number of hydrogen-bond donors (Lipinski definition) is 3. The molecule has 0 atom stereocenters. The largest absolute Gasteiger partial charge is 0.403 e. The molecule has 0 aromatic heterocycles. The predicted octanol–water partition coefficient (Wildman–Crippen LogP) is -0.516. The summed E-state index contributed by atoms with van der Waals surface area (Å²) in [6, 6.07) is 0. The Labute approximate surface area is 49.5 Å². The topological polar surface area (TPSA) is 78.1 Å². The third kappa shape index (κ3) is 3.49. The first-order valence-electron chi connectivity index (χ1n) is 2.67. The molecule has 0 aliphatic heterocycles. The Balaban J connectivity index is 3.12. The summed E-state index contributed by atoms with van der Waals surface area (Å²) in [4.78, 5) is 0. The van der Waals surface area contributed by atoms with Gasteiger partial charge in [0.2, 0.25) is 0 Å². The summed E-state index contributed by atoms with van der Waals surface area (Å²) < 4.78 is 0. The van der Waals surface area contributed by atoms with E-state index in [2.05, 4.69) is 0 Å². The fraction of sp³-hybridized carbons (Fsp3) is 0.600. The molecular weight excluding hydrogens is 102 g/mol. The number of hydrogen-bond acceptors (Lipinski definition) is 3. The van der Waals surface area contributed by atoms with Crippen molar-refractivity contribution in [3.63, 3.8) is 0 Å². The van der Waals surface area contributed by atoms with Crippen LogP contribution in [-0.4, -0.2) is 6.54 Å². The first-order chi connectivity index (χ1) is 3.81. The summed E-state index contributed by atoms with van der Waals surface area (Å²) in [5.74, 6) is 0. The normalized spacial score (nSPS) is 11.9. The molecule has 8 heavy (non-hydrogen) atoms. The maximum Gasteiger partial charge on any atom is 0.0238 e. The summed E-state index contributed by atoms with van der Waals surface area (Å²) in [5, 5.41) is 0. The van der Waals surface area contributed by atoms with E-state index in [1.165, 1.54) is 6.20 Å². The third-order valence-corrected chi connectivity index (χ3v) is 0.884. The van der Waals surface area contributed by atoms with Gasteiger partial charge in [0.25, 0.3) is 0 Å². The molecule has 0 saturated heterocycles. The Hall–Kier alpha value is -0.700. The average Bonchev–Trinajstić information content (AvgIpc) is 1.83. The van der Waals surface area contributed by atoms with Crippen LogP contribution in [0.2, 0.25) is 0 Å². The highest BCUT2D eigenvalue weighted by Crippen LogP contribution is 1.92. The highest BCUT2D eigenvalue weighted by Gasteiger charge is 1.85. The van der Waals surface area contributed by atoms with Crippen molar-refractivity contribution in [2.24, 2.45) is 17.2 Å². The summed E-state index contributed by atoms with van der Waals surface area (Å²) in [7, 11) is 0. The van der Waals surface area contributed by atoms with Gasteiger partial charge in [0, 0.05) is 11.9 Å². The van der Waals surface area contributed by atoms with Gasteiger partial charge in [0.15, 0.2) is 0 Å². The molecule has 0 heterocycles. The first kappa shape index (κ1) is 7.30. The average molecular weight is 115 g/mol. The summed E-state index contributed by atoms with van der Waals surface area (Å²) in [6.07, 6.45) is 3.14. The Kier molecular flexibility index (Phi) is 4.07. The summed E-state index contributed by atoms with van der Waals surface area (Å²) in [5.41, 5.74) is 16.4. The van der Waals surface area contributed by atoms with Gasteiger partial charge >= 0.3 is 0 Å². The highest BCUT2D eigenvalue weighted by molar-refractivity contribution is 4.92. The van der Waals surface area contributed by atoms with E-state index in [4.69, 9.17) is 17.2 Å². The number of allylic oxidation sites excluding steroid dienone is 1. The molecule has 0 unspecified atom stereocenters. The summed E-state index contributed by atoms with van der Waals surface area (Å²) in [6.45, 7) is 0.675. The van der Waals surface area contributed by atoms with Gasteiger partial charge in [-0.25, -0.2) is 0 Å². The molecule has 48 valence electrons. The van der Waals surface area contributed by atoms with Crippen molar-refractivity contribution >= 4 is 0 Å². The standard InChI is InChI=1S/C5H13N3/c6-3-1-2-5(8)4-7/h4H,1-3,6-8H2/b5-4-. The molecule has 0 radical (unpaired) electrons. The minimum Gasteiger partial charge on any atom is -0.403 e. The lowest BCUT2D eigenvalue weighted by molar-refractivity contribution is 0.813. The minimum atomic E-state index is 0.675.